The maximum atomic E-state index is 6.66. The zero-order valence-electron chi connectivity index (χ0n) is 35.3. The summed E-state index contributed by atoms with van der Waals surface area (Å²) in [5.74, 6) is 0. The summed E-state index contributed by atoms with van der Waals surface area (Å²) in [6, 6.07) is 4.92. The molecule has 2 saturated heterocycles. The maximum absolute atomic E-state index is 6.66. The summed E-state index contributed by atoms with van der Waals surface area (Å²) in [5.41, 5.74) is 1.38. The second kappa shape index (κ2) is 20.5. The van der Waals surface area contributed by atoms with E-state index in [1.165, 1.54) is 159 Å². The second-order valence-electron chi connectivity index (χ2n) is 18.0. The molecule has 2 aromatic rings. The van der Waals surface area contributed by atoms with Gasteiger partial charge in [-0.2, -0.15) is 0 Å². The number of thiophene rings is 2. The van der Waals surface area contributed by atoms with E-state index in [0.29, 0.717) is 0 Å². The lowest BCUT2D eigenvalue weighted by atomic mass is 9.83. The van der Waals surface area contributed by atoms with Gasteiger partial charge in [-0.3, -0.25) is 0 Å². The van der Waals surface area contributed by atoms with Crippen LogP contribution in [0, 0.1) is 0 Å². The van der Waals surface area contributed by atoms with E-state index in [0.717, 1.165) is 12.8 Å². The molecule has 0 saturated carbocycles. The Kier molecular flexibility index (Phi) is 17.4. The van der Waals surface area contributed by atoms with Gasteiger partial charge >= 0.3 is 14.2 Å². The first-order valence-electron chi connectivity index (χ1n) is 21.7. The van der Waals surface area contributed by atoms with E-state index in [9.17, 15) is 0 Å². The smallest absolute Gasteiger partial charge is 0.399 e. The van der Waals surface area contributed by atoms with Gasteiger partial charge in [0.25, 0.3) is 0 Å². The van der Waals surface area contributed by atoms with Gasteiger partial charge in [0, 0.05) is 19.3 Å². The second-order valence-corrected chi connectivity index (χ2v) is 20.2. The molecule has 0 spiro atoms. The Morgan fingerprint density at radius 1 is 0.404 bits per heavy atom. The van der Waals surface area contributed by atoms with Crippen LogP contribution in [0.1, 0.15) is 209 Å². The van der Waals surface area contributed by atoms with Crippen molar-refractivity contribution in [1.29, 1.82) is 0 Å². The molecule has 0 bridgehead atoms. The molecule has 4 rings (SSSR count). The minimum Gasteiger partial charge on any atom is -0.399 e. The minimum absolute atomic E-state index is 0.324. The molecular weight excluding hydrogens is 678 g/mol. The lowest BCUT2D eigenvalue weighted by Gasteiger charge is -2.32. The molecule has 0 radical (unpaired) electrons. The average molecular weight is 755 g/mol. The quantitative estimate of drug-likeness (QED) is 0.0747. The zero-order chi connectivity index (χ0) is 37.8. The van der Waals surface area contributed by atoms with Crippen molar-refractivity contribution in [3.63, 3.8) is 0 Å². The Hall–Kier alpha value is -0.630. The summed E-state index contributed by atoms with van der Waals surface area (Å²) in [5, 5.41) is 0. The number of hydrogen-bond acceptors (Lipinski definition) is 6. The molecule has 4 heterocycles. The molecule has 2 aliphatic heterocycles. The van der Waals surface area contributed by atoms with Crippen molar-refractivity contribution in [2.75, 3.05) is 0 Å². The van der Waals surface area contributed by atoms with Crippen LogP contribution in [0.2, 0.25) is 0 Å². The van der Waals surface area contributed by atoms with Gasteiger partial charge < -0.3 is 18.6 Å². The molecule has 0 aliphatic carbocycles. The standard InChI is InChI=1S/C44H76B2O4S2/c1-11-13-15-17-19-21-23-25-27-29-31-35-33-37(51-39(35)45-47-41(3,4)42(5,6)48-45)38-34-36(32-30-28-26-24-22-20-18-16-14-12-2)40(52-38)46-49-43(7,8)44(9,10)50-46/h33-34H,11-32H2,1-10H3. The molecule has 2 aromatic heterocycles. The predicted octanol–water partition coefficient (Wildman–Crippen LogP) is 13.0. The van der Waals surface area contributed by atoms with E-state index in [1.54, 1.807) is 0 Å². The van der Waals surface area contributed by atoms with Crippen LogP contribution in [0.3, 0.4) is 0 Å². The fourth-order valence-corrected chi connectivity index (χ4v) is 9.84. The van der Waals surface area contributed by atoms with Crippen molar-refractivity contribution in [2.24, 2.45) is 0 Å². The molecule has 0 aromatic carbocycles. The fourth-order valence-electron chi connectivity index (χ4n) is 7.42. The zero-order valence-corrected chi connectivity index (χ0v) is 36.9. The van der Waals surface area contributed by atoms with Crippen molar-refractivity contribution in [3.05, 3.63) is 23.3 Å². The van der Waals surface area contributed by atoms with Crippen molar-refractivity contribution in [2.45, 2.75) is 233 Å². The van der Waals surface area contributed by atoms with E-state index in [1.807, 2.05) is 22.7 Å². The molecule has 52 heavy (non-hydrogen) atoms. The van der Waals surface area contributed by atoms with Gasteiger partial charge in [-0.1, -0.05) is 129 Å². The average Bonchev–Trinajstić information content (AvgIpc) is 3.80. The lowest BCUT2D eigenvalue weighted by molar-refractivity contribution is 0.00578. The van der Waals surface area contributed by atoms with Crippen LogP contribution in [-0.2, 0) is 31.5 Å². The SMILES string of the molecule is CCCCCCCCCCCCc1cc(-c2cc(CCCCCCCCCCCC)c(B3OC(C)(C)C(C)(C)O3)s2)sc1B1OC(C)(C)C(C)(C)O1. The molecule has 2 aliphatic rings. The van der Waals surface area contributed by atoms with Crippen molar-refractivity contribution in [1.82, 2.24) is 0 Å². The van der Waals surface area contributed by atoms with Gasteiger partial charge in [-0.05, 0) is 104 Å². The number of rotatable bonds is 25. The van der Waals surface area contributed by atoms with Crippen LogP contribution in [0.25, 0.3) is 9.75 Å². The predicted molar refractivity (Wildman–Crippen MR) is 230 cm³/mol. The van der Waals surface area contributed by atoms with Gasteiger partial charge in [0.1, 0.15) is 0 Å². The summed E-state index contributed by atoms with van der Waals surface area (Å²) >= 11 is 3.76. The highest BCUT2D eigenvalue weighted by atomic mass is 32.1. The Bertz CT molecular complexity index is 1200. The third-order valence-electron chi connectivity index (χ3n) is 12.5. The molecule has 0 unspecified atom stereocenters. The number of hydrogen-bond donors (Lipinski definition) is 0. The van der Waals surface area contributed by atoms with Gasteiger partial charge in [0.2, 0.25) is 0 Å². The van der Waals surface area contributed by atoms with Crippen LogP contribution in [-0.4, -0.2) is 36.6 Å². The highest BCUT2D eigenvalue weighted by Crippen LogP contribution is 2.41. The van der Waals surface area contributed by atoms with E-state index >= 15 is 0 Å². The molecule has 2 fully saturated rings. The largest absolute Gasteiger partial charge is 0.505 e. The van der Waals surface area contributed by atoms with Crippen LogP contribution >= 0.6 is 22.7 Å². The normalized spacial score (nSPS) is 19.0. The fraction of sp³-hybridized carbons (Fsp3) is 0.818. The van der Waals surface area contributed by atoms with Crippen LogP contribution in [0.15, 0.2) is 12.1 Å². The lowest BCUT2D eigenvalue weighted by Crippen LogP contribution is -2.41. The van der Waals surface area contributed by atoms with E-state index in [-0.39, 0.29) is 36.6 Å². The van der Waals surface area contributed by atoms with Crippen LogP contribution in [0.4, 0.5) is 0 Å². The van der Waals surface area contributed by atoms with Gasteiger partial charge in [0.05, 0.1) is 22.4 Å². The highest BCUT2D eigenvalue weighted by molar-refractivity contribution is 7.31. The molecule has 0 N–H and O–H groups in total. The number of unbranched alkanes of at least 4 members (excludes halogenated alkanes) is 18. The molecule has 0 atom stereocenters. The van der Waals surface area contributed by atoms with Crippen LogP contribution < -0.4 is 9.55 Å². The highest BCUT2D eigenvalue weighted by Gasteiger charge is 2.54. The Labute approximate surface area is 329 Å². The van der Waals surface area contributed by atoms with Crippen molar-refractivity contribution >= 4 is 46.5 Å². The summed E-state index contributed by atoms with van der Waals surface area (Å²) in [4.78, 5) is 2.65. The van der Waals surface area contributed by atoms with E-state index < -0.39 is 0 Å². The van der Waals surface area contributed by atoms with Gasteiger partial charge in [-0.25, -0.2) is 0 Å². The summed E-state index contributed by atoms with van der Waals surface area (Å²) in [7, 11) is -0.647. The first-order valence-corrected chi connectivity index (χ1v) is 23.3. The molecule has 294 valence electrons. The minimum atomic E-state index is -0.356. The topological polar surface area (TPSA) is 36.9 Å². The monoisotopic (exact) mass is 755 g/mol. The Morgan fingerprint density at radius 3 is 0.923 bits per heavy atom. The first-order chi connectivity index (χ1) is 24.7. The molecular formula is C44H76B2O4S2. The van der Waals surface area contributed by atoms with E-state index in [2.05, 4.69) is 81.4 Å². The van der Waals surface area contributed by atoms with Gasteiger partial charge in [-0.15, -0.1) is 22.7 Å². The summed E-state index contributed by atoms with van der Waals surface area (Å²) in [6.45, 7) is 21.9. The number of aryl methyl sites for hydroxylation is 2. The van der Waals surface area contributed by atoms with Gasteiger partial charge in [0.15, 0.2) is 0 Å². The molecule has 8 heteroatoms. The van der Waals surface area contributed by atoms with Crippen molar-refractivity contribution in [3.8, 4) is 9.75 Å². The summed E-state index contributed by atoms with van der Waals surface area (Å²) < 4.78 is 29.2. The third-order valence-corrected chi connectivity index (χ3v) is 15.1. The Morgan fingerprint density at radius 2 is 0.654 bits per heavy atom. The Balaban J connectivity index is 1.47. The maximum Gasteiger partial charge on any atom is 0.505 e. The third kappa shape index (κ3) is 12.2. The van der Waals surface area contributed by atoms with Crippen molar-refractivity contribution < 1.29 is 18.6 Å². The first kappa shape index (κ1) is 44.1. The molecule has 4 nitrogen and oxygen atoms in total. The summed E-state index contributed by atoms with van der Waals surface area (Å²) in [6.07, 6.45) is 29.2. The van der Waals surface area contributed by atoms with Crippen LogP contribution in [0.5, 0.6) is 0 Å². The molecule has 0 amide bonds. The van der Waals surface area contributed by atoms with E-state index in [4.69, 9.17) is 18.6 Å².